The molecule has 4 aromatic rings. The summed E-state index contributed by atoms with van der Waals surface area (Å²) in [6.07, 6.45) is 6.01. The van der Waals surface area contributed by atoms with Crippen molar-refractivity contribution in [1.82, 2.24) is 14.6 Å². The summed E-state index contributed by atoms with van der Waals surface area (Å²) in [4.78, 5) is 5.76. The molecule has 0 aliphatic heterocycles. The lowest BCUT2D eigenvalue weighted by Gasteiger charge is -2.00. The maximum Gasteiger partial charge on any atom is 0.154 e. The molecule has 0 amide bonds. The summed E-state index contributed by atoms with van der Waals surface area (Å²) in [7, 11) is 0. The summed E-state index contributed by atoms with van der Waals surface area (Å²) in [6.45, 7) is 0. The quantitative estimate of drug-likeness (QED) is 0.525. The van der Waals surface area contributed by atoms with Gasteiger partial charge in [0.25, 0.3) is 0 Å². The Bertz CT molecular complexity index is 976. The van der Waals surface area contributed by atoms with Gasteiger partial charge in [-0.25, -0.2) is 9.50 Å². The molecular formula is C20H15N3S. The van der Waals surface area contributed by atoms with E-state index in [1.807, 2.05) is 65.3 Å². The zero-order valence-electron chi connectivity index (χ0n) is 12.9. The van der Waals surface area contributed by atoms with Gasteiger partial charge in [0.2, 0.25) is 0 Å². The first-order valence-corrected chi connectivity index (χ1v) is 8.51. The minimum Gasteiger partial charge on any atom is -0.228 e. The maximum atomic E-state index is 4.63. The highest BCUT2D eigenvalue weighted by atomic mass is 32.2. The van der Waals surface area contributed by atoms with Gasteiger partial charge in [-0.05, 0) is 35.9 Å². The molecule has 24 heavy (non-hydrogen) atoms. The number of rotatable bonds is 4. The van der Waals surface area contributed by atoms with Crippen LogP contribution >= 0.6 is 11.8 Å². The number of imidazole rings is 1. The van der Waals surface area contributed by atoms with Crippen molar-refractivity contribution in [1.29, 1.82) is 0 Å². The minimum absolute atomic E-state index is 0.847. The van der Waals surface area contributed by atoms with Crippen molar-refractivity contribution in [2.45, 2.75) is 9.92 Å². The van der Waals surface area contributed by atoms with E-state index in [0.29, 0.717) is 0 Å². The summed E-state index contributed by atoms with van der Waals surface area (Å²) in [5, 5.41) is 5.58. The SMILES string of the molecule is C(=C\c1cn2nc(Sc3ccccc3)ccc2n1)/c1ccccc1. The Morgan fingerprint density at radius 1 is 0.792 bits per heavy atom. The average molecular weight is 329 g/mol. The van der Waals surface area contributed by atoms with E-state index < -0.39 is 0 Å². The molecule has 2 aromatic carbocycles. The summed E-state index contributed by atoms with van der Waals surface area (Å²) in [6, 6.07) is 24.4. The first kappa shape index (κ1) is 14.7. The number of fused-ring (bicyclic) bond motifs is 1. The normalized spacial score (nSPS) is 11.3. The van der Waals surface area contributed by atoms with Crippen LogP contribution in [-0.2, 0) is 0 Å². The molecule has 0 radical (unpaired) electrons. The van der Waals surface area contributed by atoms with Crippen LogP contribution in [0.3, 0.4) is 0 Å². The number of nitrogens with zero attached hydrogens (tertiary/aromatic N) is 3. The Balaban J connectivity index is 1.58. The summed E-state index contributed by atoms with van der Waals surface area (Å²) in [5.74, 6) is 0. The van der Waals surface area contributed by atoms with Crippen LogP contribution in [0.15, 0.2) is 88.9 Å². The standard InChI is InChI=1S/C20H15N3S/c1-3-7-16(8-4-1)11-12-17-15-23-19(21-17)13-14-20(22-23)24-18-9-5-2-6-10-18/h1-15H/b12-11+. The van der Waals surface area contributed by atoms with E-state index in [-0.39, 0.29) is 0 Å². The minimum atomic E-state index is 0.847. The molecule has 0 fully saturated rings. The molecule has 0 N–H and O–H groups in total. The van der Waals surface area contributed by atoms with Gasteiger partial charge >= 0.3 is 0 Å². The lowest BCUT2D eigenvalue weighted by Crippen LogP contribution is -1.91. The zero-order chi connectivity index (χ0) is 16.2. The highest BCUT2D eigenvalue weighted by Gasteiger charge is 2.03. The van der Waals surface area contributed by atoms with E-state index in [9.17, 15) is 0 Å². The summed E-state index contributed by atoms with van der Waals surface area (Å²) >= 11 is 1.64. The van der Waals surface area contributed by atoms with Crippen LogP contribution in [-0.4, -0.2) is 14.6 Å². The van der Waals surface area contributed by atoms with Gasteiger partial charge in [-0.15, -0.1) is 0 Å². The second kappa shape index (κ2) is 6.72. The van der Waals surface area contributed by atoms with Gasteiger partial charge in [0.15, 0.2) is 5.65 Å². The highest BCUT2D eigenvalue weighted by molar-refractivity contribution is 7.99. The lowest BCUT2D eigenvalue weighted by atomic mass is 10.2. The Labute approximate surface area is 144 Å². The Morgan fingerprint density at radius 2 is 1.54 bits per heavy atom. The van der Waals surface area contributed by atoms with E-state index in [1.165, 1.54) is 4.90 Å². The third kappa shape index (κ3) is 3.39. The Morgan fingerprint density at radius 3 is 2.33 bits per heavy atom. The molecule has 4 rings (SSSR count). The largest absolute Gasteiger partial charge is 0.228 e. The van der Waals surface area contributed by atoms with Gasteiger partial charge in [0.1, 0.15) is 5.03 Å². The molecule has 2 heterocycles. The van der Waals surface area contributed by atoms with Gasteiger partial charge in [-0.1, -0.05) is 66.4 Å². The van der Waals surface area contributed by atoms with Crippen LogP contribution < -0.4 is 0 Å². The van der Waals surface area contributed by atoms with Gasteiger partial charge in [0.05, 0.1) is 11.9 Å². The van der Waals surface area contributed by atoms with E-state index >= 15 is 0 Å². The first-order chi connectivity index (χ1) is 11.9. The molecule has 0 unspecified atom stereocenters. The predicted octanol–water partition coefficient (Wildman–Crippen LogP) is 5.05. The topological polar surface area (TPSA) is 30.2 Å². The molecule has 0 spiro atoms. The van der Waals surface area contributed by atoms with Crippen LogP contribution in [0.25, 0.3) is 17.8 Å². The van der Waals surface area contributed by atoms with Crippen LogP contribution in [0, 0.1) is 0 Å². The molecule has 0 aliphatic carbocycles. The van der Waals surface area contributed by atoms with Crippen molar-refractivity contribution >= 4 is 29.6 Å². The third-order valence-electron chi connectivity index (χ3n) is 3.53. The molecule has 0 atom stereocenters. The van der Waals surface area contributed by atoms with Crippen molar-refractivity contribution in [2.75, 3.05) is 0 Å². The molecule has 0 bridgehead atoms. The second-order valence-corrected chi connectivity index (χ2v) is 6.39. The fourth-order valence-corrected chi connectivity index (χ4v) is 3.17. The third-order valence-corrected chi connectivity index (χ3v) is 4.46. The van der Waals surface area contributed by atoms with Gasteiger partial charge < -0.3 is 0 Å². The van der Waals surface area contributed by atoms with Crippen molar-refractivity contribution in [3.05, 3.63) is 90.3 Å². The number of hydrogen-bond donors (Lipinski definition) is 0. The molecule has 116 valence electrons. The summed E-state index contributed by atoms with van der Waals surface area (Å²) in [5.41, 5.74) is 2.90. The van der Waals surface area contributed by atoms with E-state index in [1.54, 1.807) is 11.8 Å². The van der Waals surface area contributed by atoms with Gasteiger partial charge in [-0.2, -0.15) is 5.10 Å². The Hall–Kier alpha value is -2.85. The first-order valence-electron chi connectivity index (χ1n) is 7.69. The van der Waals surface area contributed by atoms with Gasteiger partial charge in [-0.3, -0.25) is 0 Å². The molecule has 0 aliphatic rings. The number of aromatic nitrogens is 3. The van der Waals surface area contributed by atoms with Crippen LogP contribution in [0.1, 0.15) is 11.3 Å². The molecule has 4 heteroatoms. The lowest BCUT2D eigenvalue weighted by molar-refractivity contribution is 0.858. The summed E-state index contributed by atoms with van der Waals surface area (Å²) < 4.78 is 1.83. The molecule has 0 saturated heterocycles. The smallest absolute Gasteiger partial charge is 0.154 e. The molecule has 0 saturated carbocycles. The van der Waals surface area contributed by atoms with Gasteiger partial charge in [0, 0.05) is 4.90 Å². The number of hydrogen-bond acceptors (Lipinski definition) is 3. The van der Waals surface area contributed by atoms with Crippen LogP contribution in [0.5, 0.6) is 0 Å². The molecular weight excluding hydrogens is 314 g/mol. The molecule has 2 aromatic heterocycles. The van der Waals surface area contributed by atoms with E-state index in [0.717, 1.165) is 21.9 Å². The van der Waals surface area contributed by atoms with Crippen molar-refractivity contribution in [3.63, 3.8) is 0 Å². The van der Waals surface area contributed by atoms with E-state index in [2.05, 4.69) is 40.4 Å². The number of benzene rings is 2. The predicted molar refractivity (Wildman–Crippen MR) is 98.9 cm³/mol. The maximum absolute atomic E-state index is 4.63. The van der Waals surface area contributed by atoms with Crippen molar-refractivity contribution < 1.29 is 0 Å². The fourth-order valence-electron chi connectivity index (χ4n) is 2.37. The zero-order valence-corrected chi connectivity index (χ0v) is 13.7. The van der Waals surface area contributed by atoms with Crippen molar-refractivity contribution in [3.8, 4) is 0 Å². The monoisotopic (exact) mass is 329 g/mol. The van der Waals surface area contributed by atoms with E-state index in [4.69, 9.17) is 0 Å². The van der Waals surface area contributed by atoms with Crippen molar-refractivity contribution in [2.24, 2.45) is 0 Å². The average Bonchev–Trinajstić information content (AvgIpc) is 3.04. The highest BCUT2D eigenvalue weighted by Crippen LogP contribution is 2.25. The van der Waals surface area contributed by atoms with Crippen LogP contribution in [0.2, 0.25) is 0 Å². The second-order valence-electron chi connectivity index (χ2n) is 5.30. The van der Waals surface area contributed by atoms with Crippen LogP contribution in [0.4, 0.5) is 0 Å². The molecule has 3 nitrogen and oxygen atoms in total. The fraction of sp³-hybridized carbons (Fsp3) is 0. The Kier molecular flexibility index (Phi) is 4.13.